The van der Waals surface area contributed by atoms with Gasteiger partial charge in [0.2, 0.25) is 5.91 Å². The topological polar surface area (TPSA) is 66.7 Å². The van der Waals surface area contributed by atoms with Crippen LogP contribution in [0.3, 0.4) is 0 Å². The molecule has 9 heteroatoms. The predicted molar refractivity (Wildman–Crippen MR) is 106 cm³/mol. The van der Waals surface area contributed by atoms with Crippen molar-refractivity contribution in [2.24, 2.45) is 5.92 Å². The maximum Gasteiger partial charge on any atom is 0.258 e. The SMILES string of the molecule is CNCC1CCN(C(=O)CSCc2cc(=O)n3ccsc3n2)CC1.Cl. The summed E-state index contributed by atoms with van der Waals surface area (Å²) in [6.45, 7) is 2.74. The molecule has 1 saturated heterocycles. The molecule has 1 aliphatic heterocycles. The van der Waals surface area contributed by atoms with Crippen molar-refractivity contribution in [1.29, 1.82) is 0 Å². The Bertz CT molecular complexity index is 756. The van der Waals surface area contributed by atoms with Crippen LogP contribution in [-0.4, -0.2) is 52.6 Å². The maximum atomic E-state index is 12.3. The number of thioether (sulfide) groups is 1. The molecule has 0 atom stereocenters. The van der Waals surface area contributed by atoms with Gasteiger partial charge >= 0.3 is 0 Å². The fourth-order valence-corrected chi connectivity index (χ4v) is 4.53. The number of hydrogen-bond donors (Lipinski definition) is 1. The minimum absolute atomic E-state index is 0. The first-order valence-corrected chi connectivity index (χ1v) is 10.2. The zero-order valence-electron chi connectivity index (χ0n) is 14.1. The molecule has 25 heavy (non-hydrogen) atoms. The van der Waals surface area contributed by atoms with Crippen molar-refractivity contribution in [2.75, 3.05) is 32.4 Å². The van der Waals surface area contributed by atoms with Crippen LogP contribution in [0.25, 0.3) is 4.96 Å². The summed E-state index contributed by atoms with van der Waals surface area (Å²) in [7, 11) is 1.97. The van der Waals surface area contributed by atoms with E-state index in [4.69, 9.17) is 0 Å². The summed E-state index contributed by atoms with van der Waals surface area (Å²) in [4.78, 5) is 31.4. The number of halogens is 1. The molecule has 0 aromatic carbocycles. The van der Waals surface area contributed by atoms with E-state index in [1.165, 1.54) is 23.1 Å². The lowest BCUT2D eigenvalue weighted by Crippen LogP contribution is -2.41. The molecular formula is C16H23ClN4O2S2. The first-order chi connectivity index (χ1) is 11.7. The summed E-state index contributed by atoms with van der Waals surface area (Å²) in [5, 5.41) is 5.06. The minimum Gasteiger partial charge on any atom is -0.342 e. The van der Waals surface area contributed by atoms with Crippen molar-refractivity contribution in [3.8, 4) is 0 Å². The van der Waals surface area contributed by atoms with Gasteiger partial charge in [0.05, 0.1) is 11.4 Å². The fraction of sp³-hybridized carbons (Fsp3) is 0.562. The van der Waals surface area contributed by atoms with Gasteiger partial charge < -0.3 is 10.2 Å². The van der Waals surface area contributed by atoms with Crippen molar-refractivity contribution in [3.63, 3.8) is 0 Å². The van der Waals surface area contributed by atoms with Gasteiger partial charge in [-0.2, -0.15) is 0 Å². The van der Waals surface area contributed by atoms with Crippen LogP contribution < -0.4 is 10.9 Å². The second-order valence-electron chi connectivity index (χ2n) is 6.02. The van der Waals surface area contributed by atoms with Crippen LogP contribution >= 0.6 is 35.5 Å². The summed E-state index contributed by atoms with van der Waals surface area (Å²) in [5.74, 6) is 1.91. The number of piperidine rings is 1. The van der Waals surface area contributed by atoms with E-state index in [9.17, 15) is 9.59 Å². The van der Waals surface area contributed by atoms with Crippen molar-refractivity contribution in [1.82, 2.24) is 19.6 Å². The Morgan fingerprint density at radius 2 is 2.20 bits per heavy atom. The first-order valence-electron chi connectivity index (χ1n) is 8.13. The summed E-state index contributed by atoms with van der Waals surface area (Å²) in [5.41, 5.74) is 0.683. The van der Waals surface area contributed by atoms with Crippen LogP contribution in [0.2, 0.25) is 0 Å². The predicted octanol–water partition coefficient (Wildman–Crippen LogP) is 1.87. The van der Waals surface area contributed by atoms with Crippen molar-refractivity contribution in [3.05, 3.63) is 33.7 Å². The number of nitrogens with zero attached hydrogens (tertiary/aromatic N) is 3. The second kappa shape index (κ2) is 9.56. The molecule has 1 amide bonds. The molecule has 0 saturated carbocycles. The standard InChI is InChI=1S/C16H22N4O2S2.ClH/c1-17-9-12-2-4-19(5-3-12)15(22)11-23-10-13-8-14(21)20-6-7-24-16(20)18-13;/h6-8,12,17H,2-5,9-11H2,1H3;1H. The van der Waals surface area contributed by atoms with E-state index in [0.717, 1.165) is 38.2 Å². The molecule has 0 radical (unpaired) electrons. The highest BCUT2D eigenvalue weighted by Crippen LogP contribution is 2.18. The third-order valence-electron chi connectivity index (χ3n) is 4.29. The summed E-state index contributed by atoms with van der Waals surface area (Å²) >= 11 is 2.97. The van der Waals surface area contributed by atoms with Crippen LogP contribution in [0.15, 0.2) is 22.4 Å². The Balaban J connectivity index is 0.00000225. The highest BCUT2D eigenvalue weighted by Gasteiger charge is 2.22. The average Bonchev–Trinajstić information content (AvgIpc) is 3.05. The number of amides is 1. The maximum absolute atomic E-state index is 12.3. The quantitative estimate of drug-likeness (QED) is 0.798. The number of thiazole rings is 1. The molecule has 0 bridgehead atoms. The molecule has 0 unspecified atom stereocenters. The summed E-state index contributed by atoms with van der Waals surface area (Å²) < 4.78 is 1.54. The zero-order valence-corrected chi connectivity index (χ0v) is 16.6. The molecule has 6 nitrogen and oxygen atoms in total. The van der Waals surface area contributed by atoms with Crippen LogP contribution in [0, 0.1) is 5.92 Å². The van der Waals surface area contributed by atoms with E-state index >= 15 is 0 Å². The van der Waals surface area contributed by atoms with Crippen molar-refractivity contribution >= 4 is 46.4 Å². The molecule has 3 heterocycles. The van der Waals surface area contributed by atoms with Crippen LogP contribution in [0.4, 0.5) is 0 Å². The lowest BCUT2D eigenvalue weighted by atomic mass is 9.97. The number of rotatable bonds is 6. The molecule has 138 valence electrons. The summed E-state index contributed by atoms with van der Waals surface area (Å²) in [6, 6.07) is 1.56. The number of hydrogen-bond acceptors (Lipinski definition) is 6. The first kappa shape index (κ1) is 20.2. The molecule has 1 N–H and O–H groups in total. The fourth-order valence-electron chi connectivity index (χ4n) is 2.97. The van der Waals surface area contributed by atoms with Gasteiger partial charge in [0.1, 0.15) is 0 Å². The van der Waals surface area contributed by atoms with E-state index in [1.54, 1.807) is 16.7 Å². The second-order valence-corrected chi connectivity index (χ2v) is 7.87. The monoisotopic (exact) mass is 402 g/mol. The lowest BCUT2D eigenvalue weighted by molar-refractivity contribution is -0.129. The van der Waals surface area contributed by atoms with Crippen LogP contribution in [-0.2, 0) is 10.5 Å². The van der Waals surface area contributed by atoms with Gasteiger partial charge in [-0.1, -0.05) is 0 Å². The normalized spacial score (nSPS) is 15.3. The Morgan fingerprint density at radius 1 is 1.44 bits per heavy atom. The molecule has 3 rings (SSSR count). The lowest BCUT2D eigenvalue weighted by Gasteiger charge is -2.31. The smallest absolute Gasteiger partial charge is 0.258 e. The molecule has 0 aliphatic carbocycles. The minimum atomic E-state index is -0.0604. The molecule has 1 aliphatic rings. The largest absolute Gasteiger partial charge is 0.342 e. The van der Waals surface area contributed by atoms with Crippen molar-refractivity contribution in [2.45, 2.75) is 18.6 Å². The number of nitrogens with one attached hydrogen (secondary N) is 1. The van der Waals surface area contributed by atoms with E-state index in [-0.39, 0.29) is 23.9 Å². The summed E-state index contributed by atoms with van der Waals surface area (Å²) in [6.07, 6.45) is 3.88. The van der Waals surface area contributed by atoms with E-state index in [0.29, 0.717) is 22.4 Å². The zero-order chi connectivity index (χ0) is 16.9. The van der Waals surface area contributed by atoms with Crippen LogP contribution in [0.5, 0.6) is 0 Å². The molecule has 2 aromatic heterocycles. The highest BCUT2D eigenvalue weighted by atomic mass is 35.5. The highest BCUT2D eigenvalue weighted by molar-refractivity contribution is 7.99. The molecular weight excluding hydrogens is 380 g/mol. The van der Waals surface area contributed by atoms with Gasteiger partial charge in [-0.15, -0.1) is 35.5 Å². The van der Waals surface area contributed by atoms with Gasteiger partial charge in [0.15, 0.2) is 4.96 Å². The van der Waals surface area contributed by atoms with Crippen molar-refractivity contribution < 1.29 is 4.79 Å². The van der Waals surface area contributed by atoms with Gasteiger partial charge in [-0.3, -0.25) is 14.0 Å². The van der Waals surface area contributed by atoms with Gasteiger partial charge in [-0.05, 0) is 32.4 Å². The Hall–Kier alpha value is -1.09. The number of carbonyl (C=O) groups is 1. The van der Waals surface area contributed by atoms with E-state index < -0.39 is 0 Å². The number of aromatic nitrogens is 2. The van der Waals surface area contributed by atoms with E-state index in [1.807, 2.05) is 17.3 Å². The number of likely N-dealkylation sites (tertiary alicyclic amines) is 1. The molecule has 1 fully saturated rings. The number of carbonyl (C=O) groups excluding carboxylic acids is 1. The number of fused-ring (bicyclic) bond motifs is 1. The van der Waals surface area contributed by atoms with Gasteiger partial charge in [0, 0.05) is 36.5 Å². The third-order valence-corrected chi connectivity index (χ3v) is 6.00. The van der Waals surface area contributed by atoms with Crippen LogP contribution in [0.1, 0.15) is 18.5 Å². The average molecular weight is 403 g/mol. The van der Waals surface area contributed by atoms with Gasteiger partial charge in [-0.25, -0.2) is 4.98 Å². The Kier molecular flexibility index (Phi) is 7.74. The Labute approximate surface area is 161 Å². The molecule has 0 spiro atoms. The van der Waals surface area contributed by atoms with Gasteiger partial charge in [0.25, 0.3) is 5.56 Å². The Morgan fingerprint density at radius 3 is 2.92 bits per heavy atom. The van der Waals surface area contributed by atoms with E-state index in [2.05, 4.69) is 10.3 Å². The third kappa shape index (κ3) is 5.20. The molecule has 2 aromatic rings.